The van der Waals surface area contributed by atoms with Crippen LogP contribution in [-0.2, 0) is 24.0 Å². The number of halogens is 1. The van der Waals surface area contributed by atoms with E-state index in [0.29, 0.717) is 6.42 Å². The van der Waals surface area contributed by atoms with Crippen molar-refractivity contribution in [3.8, 4) is 11.5 Å². The van der Waals surface area contributed by atoms with Gasteiger partial charge in [-0.2, -0.15) is 5.10 Å². The number of aromatic nitrogens is 1. The molecule has 1 aliphatic carbocycles. The zero-order valence-electron chi connectivity index (χ0n) is 23.9. The molecule has 3 aliphatic heterocycles. The molecule has 0 spiro atoms. The third kappa shape index (κ3) is 5.30. The van der Waals surface area contributed by atoms with Crippen LogP contribution in [0, 0.1) is 0 Å². The molecule has 6 rings (SSSR count). The number of hydrogen-bond acceptors (Lipinski definition) is 14. The van der Waals surface area contributed by atoms with Gasteiger partial charge in [0.05, 0.1) is 24.3 Å². The fourth-order valence-electron chi connectivity index (χ4n) is 5.36. The molecule has 21 heteroatoms. The number of thioether (sulfide) groups is 1. The standard InChI is InChI=1S/C26H25ClN8O10S2/c27-14-11(2-3-13(36)17(14)37)8-29-35-7-6-34(24(35)44)26(22(42)43)10-33-19(39)16(20(33)47-26)31-18(38)15(12-9-46-23(28)30-12)32-45-25(21(40)41)4-1-5-25/h2-3,8-9,16,20,36-37H,1,4-7,10H2,(H2,28,30)(H,31,38)(H,40,41)(H,42,43)/b29-8+,32-15-/t16?,20-,26-/m1/s1. The van der Waals surface area contributed by atoms with Gasteiger partial charge in [0.15, 0.2) is 22.3 Å². The van der Waals surface area contributed by atoms with Gasteiger partial charge < -0.3 is 41.2 Å². The fourth-order valence-corrected chi connectivity index (χ4v) is 7.75. The number of nitrogens with zero attached hydrogens (tertiary/aromatic N) is 6. The number of hydrazone groups is 1. The molecule has 1 aromatic carbocycles. The molecule has 18 nitrogen and oxygen atoms in total. The van der Waals surface area contributed by atoms with Crippen LogP contribution in [0.3, 0.4) is 0 Å². The molecular formula is C26H25ClN8O10S2. The molecule has 1 unspecified atom stereocenters. The minimum absolute atomic E-state index is 0.0141. The number of nitrogens with two attached hydrogens (primary N) is 1. The first-order valence-corrected chi connectivity index (χ1v) is 16.0. The van der Waals surface area contributed by atoms with Crippen LogP contribution in [-0.4, -0.2) is 123 Å². The Morgan fingerprint density at radius 2 is 1.91 bits per heavy atom. The first-order chi connectivity index (χ1) is 22.3. The molecule has 0 radical (unpaired) electrons. The van der Waals surface area contributed by atoms with Gasteiger partial charge in [0.25, 0.3) is 5.91 Å². The van der Waals surface area contributed by atoms with Crippen LogP contribution in [0.4, 0.5) is 9.93 Å². The number of fused-ring (bicyclic) bond motifs is 1. The van der Waals surface area contributed by atoms with Crippen LogP contribution in [0.25, 0.3) is 0 Å². The van der Waals surface area contributed by atoms with E-state index < -0.39 is 68.9 Å². The van der Waals surface area contributed by atoms with Crippen LogP contribution >= 0.6 is 34.7 Å². The maximum Gasteiger partial charge on any atom is 0.350 e. The highest BCUT2D eigenvalue weighted by atomic mass is 35.5. The number of oxime groups is 1. The van der Waals surface area contributed by atoms with Gasteiger partial charge in [0, 0.05) is 30.3 Å². The molecule has 4 heterocycles. The maximum atomic E-state index is 13.4. The maximum absolute atomic E-state index is 13.4. The van der Waals surface area contributed by atoms with Crippen molar-refractivity contribution in [2.45, 2.75) is 41.2 Å². The lowest BCUT2D eigenvalue weighted by Crippen LogP contribution is -2.68. The summed E-state index contributed by atoms with van der Waals surface area (Å²) in [6.07, 6.45) is 2.11. The topological polar surface area (TPSA) is 261 Å². The third-order valence-electron chi connectivity index (χ3n) is 8.19. The van der Waals surface area contributed by atoms with E-state index in [2.05, 4.69) is 20.6 Å². The van der Waals surface area contributed by atoms with E-state index in [1.165, 1.54) is 28.6 Å². The van der Waals surface area contributed by atoms with Gasteiger partial charge >= 0.3 is 18.0 Å². The normalized spacial score (nSPS) is 25.0. The number of urea groups is 1. The number of carbonyl (C=O) groups excluding carboxylic acids is 3. The molecule has 3 atom stereocenters. The van der Waals surface area contributed by atoms with Gasteiger partial charge in [-0.1, -0.05) is 28.5 Å². The van der Waals surface area contributed by atoms with Gasteiger partial charge in [-0.15, -0.1) is 11.3 Å². The Bertz CT molecular complexity index is 1770. The van der Waals surface area contributed by atoms with E-state index in [4.69, 9.17) is 22.2 Å². The van der Waals surface area contributed by atoms with Crippen molar-refractivity contribution in [3.63, 3.8) is 0 Å². The summed E-state index contributed by atoms with van der Waals surface area (Å²) >= 11 is 7.81. The molecule has 0 bridgehead atoms. The number of β-lactam (4-membered cyclic amide) rings is 1. The molecule has 4 aliphatic rings. The molecule has 3 saturated heterocycles. The van der Waals surface area contributed by atoms with Gasteiger partial charge in [0.2, 0.25) is 16.4 Å². The van der Waals surface area contributed by atoms with Crippen molar-refractivity contribution < 1.29 is 49.2 Å². The summed E-state index contributed by atoms with van der Waals surface area (Å²) in [5, 5.41) is 51.2. The number of carboxylic acid groups (broad SMARTS) is 2. The van der Waals surface area contributed by atoms with Crippen LogP contribution in [0.15, 0.2) is 27.8 Å². The highest BCUT2D eigenvalue weighted by Crippen LogP contribution is 2.49. The summed E-state index contributed by atoms with van der Waals surface area (Å²) in [6, 6.07) is 0.546. The second kappa shape index (κ2) is 11.8. The van der Waals surface area contributed by atoms with Crippen LogP contribution in [0.1, 0.15) is 30.5 Å². The number of nitrogen functional groups attached to an aromatic ring is 1. The number of carboxylic acids is 2. The number of aliphatic carboxylic acids is 2. The summed E-state index contributed by atoms with van der Waals surface area (Å²) in [7, 11) is 0. The average Bonchev–Trinajstić information content (AvgIpc) is 3.71. The van der Waals surface area contributed by atoms with Crippen LogP contribution in [0.5, 0.6) is 11.5 Å². The van der Waals surface area contributed by atoms with E-state index >= 15 is 0 Å². The van der Waals surface area contributed by atoms with Crippen LogP contribution < -0.4 is 11.1 Å². The number of carbonyl (C=O) groups is 5. The predicted molar refractivity (Wildman–Crippen MR) is 165 cm³/mol. The lowest BCUT2D eigenvalue weighted by atomic mass is 9.80. The molecule has 4 fully saturated rings. The molecule has 47 heavy (non-hydrogen) atoms. The Kier molecular flexibility index (Phi) is 8.04. The Balaban J connectivity index is 1.18. The first kappa shape index (κ1) is 32.1. The Morgan fingerprint density at radius 1 is 1.17 bits per heavy atom. The zero-order valence-corrected chi connectivity index (χ0v) is 26.3. The summed E-state index contributed by atoms with van der Waals surface area (Å²) in [6.45, 7) is -0.460. The van der Waals surface area contributed by atoms with Gasteiger partial charge in [-0.05, 0) is 18.6 Å². The predicted octanol–water partition coefficient (Wildman–Crippen LogP) is 0.470. The second-order valence-electron chi connectivity index (χ2n) is 10.9. The monoisotopic (exact) mass is 708 g/mol. The number of amides is 4. The van der Waals surface area contributed by atoms with Crippen molar-refractivity contribution in [2.75, 3.05) is 25.4 Å². The Labute approximate surface area is 277 Å². The van der Waals surface area contributed by atoms with Gasteiger partial charge in [0.1, 0.15) is 17.1 Å². The lowest BCUT2D eigenvalue weighted by Gasteiger charge is -2.41. The minimum Gasteiger partial charge on any atom is -0.504 e. The molecule has 1 aromatic heterocycles. The van der Waals surface area contributed by atoms with Gasteiger partial charge in [-0.3, -0.25) is 14.5 Å². The summed E-state index contributed by atoms with van der Waals surface area (Å²) < 4.78 is 0. The fraction of sp³-hybridized carbons (Fsp3) is 0.385. The number of hydrogen-bond donors (Lipinski definition) is 6. The SMILES string of the molecule is Nc1nc(/C(=N/OC2(C(=O)O)CCC2)C(=O)NC2C(=O)N3C[C@@](C(=O)O)(N4CCN(/N=C/c5ccc(O)c(O)c5Cl)C4=O)S[C@H]23)cs1. The molecule has 1 saturated carbocycles. The highest BCUT2D eigenvalue weighted by molar-refractivity contribution is 8.02. The lowest BCUT2D eigenvalue weighted by molar-refractivity contribution is -0.178. The second-order valence-corrected chi connectivity index (χ2v) is 13.6. The Morgan fingerprint density at radius 3 is 2.53 bits per heavy atom. The molecule has 2 aromatic rings. The van der Waals surface area contributed by atoms with Crippen molar-refractivity contribution >= 4 is 81.5 Å². The summed E-state index contributed by atoms with van der Waals surface area (Å²) in [4.78, 5) is 74.1. The van der Waals surface area contributed by atoms with E-state index in [1.807, 2.05) is 0 Å². The van der Waals surface area contributed by atoms with Crippen molar-refractivity contribution in [2.24, 2.45) is 10.3 Å². The zero-order chi connectivity index (χ0) is 33.8. The largest absolute Gasteiger partial charge is 0.504 e. The Hall–Kier alpha value is -4.82. The first-order valence-electron chi connectivity index (χ1n) is 13.8. The van der Waals surface area contributed by atoms with E-state index in [1.54, 1.807) is 0 Å². The number of rotatable bonds is 10. The van der Waals surface area contributed by atoms with Gasteiger partial charge in [-0.25, -0.2) is 24.4 Å². The molecule has 4 amide bonds. The number of nitrogens with one attached hydrogen (secondary N) is 1. The number of thiazole rings is 1. The van der Waals surface area contributed by atoms with Crippen LogP contribution in [0.2, 0.25) is 5.02 Å². The van der Waals surface area contributed by atoms with Crippen molar-refractivity contribution in [1.82, 2.24) is 25.1 Å². The molecule has 248 valence electrons. The van der Waals surface area contributed by atoms with Crippen molar-refractivity contribution in [1.29, 1.82) is 0 Å². The smallest absolute Gasteiger partial charge is 0.350 e. The number of phenolic OH excluding ortho intramolecular Hbond substituents is 2. The quantitative estimate of drug-likeness (QED) is 0.0850. The minimum atomic E-state index is -1.92. The van der Waals surface area contributed by atoms with Crippen molar-refractivity contribution in [3.05, 3.63) is 33.8 Å². The van der Waals surface area contributed by atoms with E-state index in [-0.39, 0.29) is 53.9 Å². The summed E-state index contributed by atoms with van der Waals surface area (Å²) in [5.41, 5.74) is 3.87. The number of benzene rings is 1. The number of anilines is 1. The highest BCUT2D eigenvalue weighted by Gasteiger charge is 2.66. The van der Waals surface area contributed by atoms with E-state index in [0.717, 1.165) is 33.0 Å². The number of phenols is 2. The van der Waals surface area contributed by atoms with E-state index in [9.17, 15) is 44.4 Å². The summed E-state index contributed by atoms with van der Waals surface area (Å²) in [5.74, 6) is -5.20. The number of aromatic hydroxyl groups is 2. The third-order valence-corrected chi connectivity index (χ3v) is 10.9. The molecule has 7 N–H and O–H groups in total. The average molecular weight is 709 g/mol. The molecular weight excluding hydrogens is 684 g/mol.